The van der Waals surface area contributed by atoms with Crippen LogP contribution < -0.4 is 4.74 Å². The van der Waals surface area contributed by atoms with Crippen LogP contribution in [0.1, 0.15) is 41.4 Å². The van der Waals surface area contributed by atoms with Crippen LogP contribution in [0.4, 0.5) is 13.2 Å². The third-order valence-corrected chi connectivity index (χ3v) is 6.31. The Morgan fingerprint density at radius 2 is 1.97 bits per heavy atom. The zero-order chi connectivity index (χ0) is 24.0. The van der Waals surface area contributed by atoms with Gasteiger partial charge in [-0.25, -0.2) is 19.6 Å². The van der Waals surface area contributed by atoms with Gasteiger partial charge in [-0.15, -0.1) is 5.10 Å². The third-order valence-electron chi connectivity index (χ3n) is 5.82. The lowest BCUT2D eigenvalue weighted by Crippen LogP contribution is -2.21. The van der Waals surface area contributed by atoms with E-state index < -0.39 is 17.7 Å². The summed E-state index contributed by atoms with van der Waals surface area (Å²) in [5, 5.41) is 4.57. The van der Waals surface area contributed by atoms with Crippen molar-refractivity contribution in [1.29, 1.82) is 0 Å². The van der Waals surface area contributed by atoms with E-state index in [4.69, 9.17) is 4.74 Å². The molecule has 4 aromatic rings. The van der Waals surface area contributed by atoms with Gasteiger partial charge in [0.25, 0.3) is 0 Å². The Morgan fingerprint density at radius 1 is 1.15 bits per heavy atom. The second kappa shape index (κ2) is 8.53. The number of nitrogens with zero attached hydrogens (tertiary/aromatic N) is 6. The molecular formula is C23H20BrF3N6O. The molecule has 0 saturated carbocycles. The fourth-order valence-electron chi connectivity index (χ4n) is 4.29. The zero-order valence-corrected chi connectivity index (χ0v) is 19.9. The number of alkyl halides is 3. The molecule has 1 atom stereocenters. The predicted octanol–water partition coefficient (Wildman–Crippen LogP) is 5.55. The number of fused-ring (bicyclic) bond motifs is 1. The molecule has 3 aromatic heterocycles. The van der Waals surface area contributed by atoms with Crippen molar-refractivity contribution in [2.24, 2.45) is 0 Å². The molecule has 1 aliphatic rings. The number of hydrogen-bond acceptors (Lipinski definition) is 5. The molecule has 0 aliphatic carbocycles. The Balaban J connectivity index is 1.56. The first-order chi connectivity index (χ1) is 16.2. The molecule has 0 unspecified atom stereocenters. The number of aryl methyl sites for hydroxylation is 2. The second-order valence-corrected chi connectivity index (χ2v) is 9.00. The van der Waals surface area contributed by atoms with Crippen LogP contribution in [-0.2, 0) is 12.7 Å². The second-order valence-electron chi connectivity index (χ2n) is 8.09. The Morgan fingerprint density at radius 3 is 2.68 bits per heavy atom. The maximum absolute atomic E-state index is 13.8. The van der Waals surface area contributed by atoms with Crippen LogP contribution >= 0.6 is 15.9 Å². The Labute approximate surface area is 201 Å². The number of halogens is 4. The number of ether oxygens (including phenoxy) is 1. The summed E-state index contributed by atoms with van der Waals surface area (Å²) in [6, 6.07) is 7.64. The van der Waals surface area contributed by atoms with Crippen molar-refractivity contribution in [3.63, 3.8) is 0 Å². The summed E-state index contributed by atoms with van der Waals surface area (Å²) in [5.41, 5.74) is 1.57. The van der Waals surface area contributed by atoms with Crippen LogP contribution in [0.3, 0.4) is 0 Å². The van der Waals surface area contributed by atoms with Gasteiger partial charge in [-0.1, -0.05) is 15.9 Å². The molecule has 1 aromatic carbocycles. The average molecular weight is 533 g/mol. The molecule has 176 valence electrons. The smallest absolute Gasteiger partial charge is 0.416 e. The van der Waals surface area contributed by atoms with Gasteiger partial charge in [-0.3, -0.25) is 0 Å². The summed E-state index contributed by atoms with van der Waals surface area (Å²) in [7, 11) is 1.52. The Bertz CT molecular complexity index is 1360. The molecule has 0 bridgehead atoms. The van der Waals surface area contributed by atoms with E-state index in [0.29, 0.717) is 52.8 Å². The summed E-state index contributed by atoms with van der Waals surface area (Å²) in [4.78, 5) is 13.4. The summed E-state index contributed by atoms with van der Waals surface area (Å²) < 4.78 is 50.8. The highest BCUT2D eigenvalue weighted by Gasteiger charge is 2.38. The van der Waals surface area contributed by atoms with E-state index in [9.17, 15) is 13.2 Å². The number of imidazole rings is 1. The largest absolute Gasteiger partial charge is 0.479 e. The Kier molecular flexibility index (Phi) is 5.67. The normalized spacial score (nSPS) is 15.9. The van der Waals surface area contributed by atoms with E-state index in [1.54, 1.807) is 21.6 Å². The van der Waals surface area contributed by atoms with Gasteiger partial charge in [0.2, 0.25) is 5.88 Å². The summed E-state index contributed by atoms with van der Waals surface area (Å²) in [6.07, 6.45) is 0.307. The highest BCUT2D eigenvalue weighted by molar-refractivity contribution is 9.10. The van der Waals surface area contributed by atoms with Crippen molar-refractivity contribution >= 4 is 15.9 Å². The first-order valence-corrected chi connectivity index (χ1v) is 11.4. The molecule has 0 radical (unpaired) electrons. The van der Waals surface area contributed by atoms with Gasteiger partial charge in [-0.05, 0) is 55.7 Å². The summed E-state index contributed by atoms with van der Waals surface area (Å²) in [6.45, 7) is 2.47. The van der Waals surface area contributed by atoms with E-state index in [1.165, 1.54) is 19.2 Å². The summed E-state index contributed by atoms with van der Waals surface area (Å²) in [5.74, 6) is 0.682. The fraction of sp³-hybridized carbons (Fsp3) is 0.304. The molecule has 0 fully saturated rings. The standard InChI is InChI=1S/C23H20BrF3N6O/c1-13-11-32(12-28-13)19-8-7-18(29-22(19)34-2)20-30-21-15(4-3-9-33(21)31-20)16-10-14(24)5-6-17(16)23(25,26)27/h5-8,10-12,15H,3-4,9H2,1-2H3/t15-/m1/s1. The van der Waals surface area contributed by atoms with Gasteiger partial charge in [-0.2, -0.15) is 13.2 Å². The molecule has 4 heterocycles. The van der Waals surface area contributed by atoms with Gasteiger partial charge >= 0.3 is 6.18 Å². The molecular weight excluding hydrogens is 513 g/mol. The molecule has 0 saturated heterocycles. The molecule has 0 N–H and O–H groups in total. The number of rotatable bonds is 4. The SMILES string of the molecule is COc1nc(-c2nc3n(n2)CCC[C@@H]3c2cc(Br)ccc2C(F)(F)F)ccc1-n1cnc(C)c1. The Hall–Kier alpha value is -3.21. The minimum Gasteiger partial charge on any atom is -0.479 e. The minimum atomic E-state index is -4.46. The van der Waals surface area contributed by atoms with Crippen molar-refractivity contribution in [3.8, 4) is 23.1 Å². The quantitative estimate of drug-likeness (QED) is 0.344. The van der Waals surface area contributed by atoms with Crippen LogP contribution in [0.5, 0.6) is 5.88 Å². The third kappa shape index (κ3) is 4.08. The molecule has 5 rings (SSSR count). The number of methoxy groups -OCH3 is 1. The predicted molar refractivity (Wildman–Crippen MR) is 122 cm³/mol. The van der Waals surface area contributed by atoms with Crippen molar-refractivity contribution in [3.05, 3.63) is 70.0 Å². The number of pyridine rings is 1. The number of hydrogen-bond donors (Lipinski definition) is 0. The topological polar surface area (TPSA) is 70.7 Å². The van der Waals surface area contributed by atoms with Crippen molar-refractivity contribution in [2.45, 2.75) is 38.4 Å². The lowest BCUT2D eigenvalue weighted by atomic mass is 9.87. The van der Waals surface area contributed by atoms with Crippen molar-refractivity contribution in [1.82, 2.24) is 29.3 Å². The molecule has 1 aliphatic heterocycles. The lowest BCUT2D eigenvalue weighted by Gasteiger charge is -2.25. The highest BCUT2D eigenvalue weighted by atomic mass is 79.9. The van der Waals surface area contributed by atoms with Gasteiger partial charge < -0.3 is 9.30 Å². The molecule has 0 spiro atoms. The number of aromatic nitrogens is 6. The van der Waals surface area contributed by atoms with Crippen LogP contribution in [0, 0.1) is 6.92 Å². The van der Waals surface area contributed by atoms with Gasteiger partial charge in [0, 0.05) is 23.1 Å². The maximum atomic E-state index is 13.8. The minimum absolute atomic E-state index is 0.193. The van der Waals surface area contributed by atoms with Crippen molar-refractivity contribution < 1.29 is 17.9 Å². The van der Waals surface area contributed by atoms with E-state index in [0.717, 1.165) is 11.8 Å². The average Bonchev–Trinajstić information content (AvgIpc) is 3.43. The first kappa shape index (κ1) is 22.6. The van der Waals surface area contributed by atoms with E-state index in [2.05, 4.69) is 36.0 Å². The van der Waals surface area contributed by atoms with Crippen LogP contribution in [-0.4, -0.2) is 36.4 Å². The monoisotopic (exact) mass is 532 g/mol. The zero-order valence-electron chi connectivity index (χ0n) is 18.3. The van der Waals surface area contributed by atoms with Gasteiger partial charge in [0.1, 0.15) is 17.2 Å². The van der Waals surface area contributed by atoms with Crippen LogP contribution in [0.15, 0.2) is 47.3 Å². The summed E-state index contributed by atoms with van der Waals surface area (Å²) >= 11 is 3.31. The van der Waals surface area contributed by atoms with Gasteiger partial charge in [0.15, 0.2) is 5.82 Å². The van der Waals surface area contributed by atoms with Gasteiger partial charge in [0.05, 0.1) is 24.7 Å². The van der Waals surface area contributed by atoms with E-state index in [-0.39, 0.29) is 5.56 Å². The first-order valence-electron chi connectivity index (χ1n) is 10.6. The number of benzene rings is 1. The lowest BCUT2D eigenvalue weighted by molar-refractivity contribution is -0.138. The maximum Gasteiger partial charge on any atom is 0.416 e. The van der Waals surface area contributed by atoms with Crippen molar-refractivity contribution in [2.75, 3.05) is 7.11 Å². The van der Waals surface area contributed by atoms with E-state index in [1.807, 2.05) is 19.2 Å². The van der Waals surface area contributed by atoms with E-state index >= 15 is 0 Å². The van der Waals surface area contributed by atoms with Crippen LogP contribution in [0.25, 0.3) is 17.2 Å². The fourth-order valence-corrected chi connectivity index (χ4v) is 4.67. The van der Waals surface area contributed by atoms with Crippen LogP contribution in [0.2, 0.25) is 0 Å². The molecule has 34 heavy (non-hydrogen) atoms. The molecule has 7 nitrogen and oxygen atoms in total. The molecule has 11 heteroatoms. The molecule has 0 amide bonds. The highest BCUT2D eigenvalue weighted by Crippen LogP contribution is 2.42.